The molecule has 0 aliphatic carbocycles. The van der Waals surface area contributed by atoms with E-state index in [-0.39, 0.29) is 30.0 Å². The molecule has 6 nitrogen and oxygen atoms in total. The van der Waals surface area contributed by atoms with Crippen LogP contribution in [0.1, 0.15) is 31.9 Å². The molecule has 0 aliphatic rings. The van der Waals surface area contributed by atoms with Crippen LogP contribution in [0.5, 0.6) is 0 Å². The third kappa shape index (κ3) is 7.12. The lowest BCUT2D eigenvalue weighted by Crippen LogP contribution is -2.38. The van der Waals surface area contributed by atoms with Crippen molar-refractivity contribution in [3.05, 3.63) is 18.0 Å². The summed E-state index contributed by atoms with van der Waals surface area (Å²) in [7, 11) is 6.07. The fourth-order valence-electron chi connectivity index (χ4n) is 1.94. The summed E-state index contributed by atoms with van der Waals surface area (Å²) in [6, 6.07) is 0.237. The Labute approximate surface area is 145 Å². The Balaban J connectivity index is 0.00000400. The lowest BCUT2D eigenvalue weighted by atomic mass is 10.1. The molecule has 0 amide bonds. The van der Waals surface area contributed by atoms with Crippen molar-refractivity contribution in [1.82, 2.24) is 25.3 Å². The van der Waals surface area contributed by atoms with E-state index in [1.54, 1.807) is 0 Å². The largest absolute Gasteiger partial charge is 0.357 e. The molecule has 0 radical (unpaired) electrons. The summed E-state index contributed by atoms with van der Waals surface area (Å²) < 4.78 is 1.83. The van der Waals surface area contributed by atoms with Crippen molar-refractivity contribution >= 4 is 29.9 Å². The first kappa shape index (κ1) is 20.2. The predicted octanol–water partition coefficient (Wildman–Crippen LogP) is 1.61. The molecule has 1 aromatic heterocycles. The molecular weight excluding hydrogens is 379 g/mol. The second-order valence-corrected chi connectivity index (χ2v) is 5.07. The van der Waals surface area contributed by atoms with E-state index in [1.165, 1.54) is 5.56 Å². The molecule has 1 heterocycles. The first-order valence-electron chi connectivity index (χ1n) is 7.25. The molecule has 7 heteroatoms. The van der Waals surface area contributed by atoms with Crippen LogP contribution >= 0.6 is 24.0 Å². The Hall–Kier alpha value is -0.830. The van der Waals surface area contributed by atoms with Crippen molar-refractivity contribution in [1.29, 1.82) is 0 Å². The van der Waals surface area contributed by atoms with Crippen molar-refractivity contribution in [2.24, 2.45) is 12.0 Å². The first-order chi connectivity index (χ1) is 9.58. The molecule has 2 N–H and O–H groups in total. The Morgan fingerprint density at radius 1 is 1.38 bits per heavy atom. The van der Waals surface area contributed by atoms with E-state index in [9.17, 15) is 0 Å². The van der Waals surface area contributed by atoms with Crippen LogP contribution in [0, 0.1) is 0 Å². The second-order valence-electron chi connectivity index (χ2n) is 5.07. The van der Waals surface area contributed by atoms with Gasteiger partial charge in [0.1, 0.15) is 0 Å². The van der Waals surface area contributed by atoms with Gasteiger partial charge in [-0.2, -0.15) is 5.10 Å². The molecule has 0 bridgehead atoms. The number of aryl methyl sites for hydroxylation is 1. The number of hydrogen-bond donors (Lipinski definition) is 2. The van der Waals surface area contributed by atoms with E-state index in [2.05, 4.69) is 53.6 Å². The molecule has 0 aliphatic heterocycles. The highest BCUT2D eigenvalue weighted by molar-refractivity contribution is 14.0. The highest BCUT2D eigenvalue weighted by atomic mass is 127. The van der Waals surface area contributed by atoms with Crippen LogP contribution < -0.4 is 10.6 Å². The van der Waals surface area contributed by atoms with Crippen molar-refractivity contribution in [2.45, 2.75) is 26.3 Å². The maximum Gasteiger partial charge on any atom is 0.191 e. The zero-order chi connectivity index (χ0) is 15.0. The minimum absolute atomic E-state index is 0. The van der Waals surface area contributed by atoms with Gasteiger partial charge in [0.25, 0.3) is 0 Å². The zero-order valence-corrected chi connectivity index (χ0v) is 16.1. The second kappa shape index (κ2) is 10.8. The quantitative estimate of drug-likeness (QED) is 0.409. The summed E-state index contributed by atoms with van der Waals surface area (Å²) in [5, 5.41) is 10.8. The smallest absolute Gasteiger partial charge is 0.191 e. The lowest BCUT2D eigenvalue weighted by Gasteiger charge is -2.22. The molecular formula is C14H29IN6. The number of aliphatic imine (C=N–C) groups is 1. The topological polar surface area (TPSA) is 57.5 Å². The van der Waals surface area contributed by atoms with Crippen molar-refractivity contribution in [3.8, 4) is 0 Å². The van der Waals surface area contributed by atoms with Gasteiger partial charge in [-0.3, -0.25) is 9.67 Å². The minimum atomic E-state index is 0. The molecule has 0 aromatic carbocycles. The average molecular weight is 408 g/mol. The number of nitrogens with one attached hydrogen (secondary N) is 2. The van der Waals surface area contributed by atoms with E-state index in [0.717, 1.165) is 25.5 Å². The third-order valence-corrected chi connectivity index (χ3v) is 3.04. The number of halogens is 1. The Kier molecular flexibility index (Phi) is 10.4. The van der Waals surface area contributed by atoms with Gasteiger partial charge in [0.05, 0.1) is 18.8 Å². The standard InChI is InChI=1S/C14H28N6.HI/c1-6-8-16-14(15-7-2)17-10-13(19(3)4)12-9-18-20(5)11-12;/h9,11,13H,6-8,10H2,1-5H3,(H2,15,16,17);1H. The van der Waals surface area contributed by atoms with Gasteiger partial charge >= 0.3 is 0 Å². The number of aromatic nitrogens is 2. The van der Waals surface area contributed by atoms with Crippen LogP contribution in [-0.2, 0) is 7.05 Å². The van der Waals surface area contributed by atoms with Crippen LogP contribution in [-0.4, -0.2) is 54.4 Å². The molecule has 0 spiro atoms. The Morgan fingerprint density at radius 2 is 2.10 bits per heavy atom. The fourth-order valence-corrected chi connectivity index (χ4v) is 1.94. The van der Waals surface area contributed by atoms with Crippen LogP contribution in [0.2, 0.25) is 0 Å². The normalized spacial score (nSPS) is 13.0. The van der Waals surface area contributed by atoms with Crippen LogP contribution in [0.25, 0.3) is 0 Å². The third-order valence-electron chi connectivity index (χ3n) is 3.04. The van der Waals surface area contributed by atoms with E-state index in [1.807, 2.05) is 24.1 Å². The van der Waals surface area contributed by atoms with Gasteiger partial charge in [0.15, 0.2) is 5.96 Å². The van der Waals surface area contributed by atoms with Gasteiger partial charge in [-0.15, -0.1) is 24.0 Å². The summed E-state index contributed by atoms with van der Waals surface area (Å²) in [6.45, 7) is 6.74. The van der Waals surface area contributed by atoms with Crippen LogP contribution in [0.4, 0.5) is 0 Å². The molecule has 0 fully saturated rings. The van der Waals surface area contributed by atoms with Crippen molar-refractivity contribution in [2.75, 3.05) is 33.7 Å². The fraction of sp³-hybridized carbons (Fsp3) is 0.714. The molecule has 0 saturated carbocycles. The van der Waals surface area contributed by atoms with E-state index >= 15 is 0 Å². The monoisotopic (exact) mass is 408 g/mol. The molecule has 1 aromatic rings. The van der Waals surface area contributed by atoms with Gasteiger partial charge in [-0.1, -0.05) is 6.92 Å². The molecule has 21 heavy (non-hydrogen) atoms. The number of nitrogens with zero attached hydrogens (tertiary/aromatic N) is 4. The van der Waals surface area contributed by atoms with Crippen LogP contribution in [0.3, 0.4) is 0 Å². The van der Waals surface area contributed by atoms with Crippen molar-refractivity contribution in [3.63, 3.8) is 0 Å². The summed E-state index contributed by atoms with van der Waals surface area (Å²) in [6.07, 6.45) is 5.04. The number of rotatable bonds is 7. The highest BCUT2D eigenvalue weighted by Crippen LogP contribution is 2.17. The molecule has 0 saturated heterocycles. The maximum atomic E-state index is 4.67. The number of hydrogen-bond acceptors (Lipinski definition) is 3. The summed E-state index contributed by atoms with van der Waals surface area (Å²) in [4.78, 5) is 6.84. The zero-order valence-electron chi connectivity index (χ0n) is 13.8. The van der Waals surface area contributed by atoms with Gasteiger partial charge < -0.3 is 15.5 Å². The summed E-state index contributed by atoms with van der Waals surface area (Å²) in [5.74, 6) is 0.880. The maximum absolute atomic E-state index is 4.67. The van der Waals surface area contributed by atoms with Gasteiger partial charge in [0, 0.05) is 31.9 Å². The Morgan fingerprint density at radius 3 is 2.57 bits per heavy atom. The average Bonchev–Trinajstić information content (AvgIpc) is 2.82. The van der Waals surface area contributed by atoms with E-state index in [0.29, 0.717) is 6.54 Å². The van der Waals surface area contributed by atoms with E-state index < -0.39 is 0 Å². The number of likely N-dealkylation sites (N-methyl/N-ethyl adjacent to an activating group) is 1. The summed E-state index contributed by atoms with van der Waals surface area (Å²) in [5.41, 5.74) is 1.19. The molecule has 1 rings (SSSR count). The molecule has 122 valence electrons. The van der Waals surface area contributed by atoms with Crippen molar-refractivity contribution < 1.29 is 0 Å². The van der Waals surface area contributed by atoms with Gasteiger partial charge in [0.2, 0.25) is 0 Å². The van der Waals surface area contributed by atoms with Gasteiger partial charge in [-0.25, -0.2) is 0 Å². The number of guanidine groups is 1. The SMILES string of the molecule is CCCNC(=NCC(c1cnn(C)c1)N(C)C)NCC.I. The molecule has 1 unspecified atom stereocenters. The Bertz CT molecular complexity index is 415. The summed E-state index contributed by atoms with van der Waals surface area (Å²) >= 11 is 0. The van der Waals surface area contributed by atoms with E-state index in [4.69, 9.17) is 0 Å². The molecule has 1 atom stereocenters. The van der Waals surface area contributed by atoms with Gasteiger partial charge in [-0.05, 0) is 27.4 Å². The minimum Gasteiger partial charge on any atom is -0.357 e. The lowest BCUT2D eigenvalue weighted by molar-refractivity contribution is 0.306. The first-order valence-corrected chi connectivity index (χ1v) is 7.25. The highest BCUT2D eigenvalue weighted by Gasteiger charge is 2.15. The predicted molar refractivity (Wildman–Crippen MR) is 99.3 cm³/mol. The van der Waals surface area contributed by atoms with Crippen LogP contribution in [0.15, 0.2) is 17.4 Å².